The van der Waals surface area contributed by atoms with Crippen LogP contribution in [0.4, 0.5) is 0 Å². The molecule has 0 aromatic carbocycles. The lowest BCUT2D eigenvalue weighted by Crippen LogP contribution is -2.48. The van der Waals surface area contributed by atoms with Crippen LogP contribution in [-0.2, 0) is 14.2 Å². The largest absolute Gasteiger partial charge is 0.352 e. The Labute approximate surface area is 155 Å². The number of hydrogen-bond donors (Lipinski definition) is 0. The maximum absolute atomic E-state index is 6.24. The molecule has 0 N–H and O–H groups in total. The van der Waals surface area contributed by atoms with Gasteiger partial charge in [-0.2, -0.15) is 0 Å². The fourth-order valence-corrected chi connectivity index (χ4v) is 4.42. The number of hydrogen-bond acceptors (Lipinski definition) is 3. The van der Waals surface area contributed by atoms with E-state index in [2.05, 4.69) is 20.9 Å². The molecule has 2 aliphatic rings. The number of likely N-dealkylation sites (tertiary alicyclic amines) is 1. The van der Waals surface area contributed by atoms with Gasteiger partial charge in [-0.1, -0.05) is 26.2 Å². The van der Waals surface area contributed by atoms with Gasteiger partial charge in [0.2, 0.25) is 0 Å². The molecule has 0 bridgehead atoms. The van der Waals surface area contributed by atoms with Crippen LogP contribution in [0.5, 0.6) is 0 Å². The number of nitrogens with zero attached hydrogens (tertiary/aromatic N) is 1. The molecule has 0 aromatic heterocycles. The van der Waals surface area contributed by atoms with E-state index in [4.69, 9.17) is 14.2 Å². The van der Waals surface area contributed by atoms with Crippen molar-refractivity contribution in [2.75, 3.05) is 39.9 Å². The zero-order valence-electron chi connectivity index (χ0n) is 17.1. The van der Waals surface area contributed by atoms with E-state index in [0.717, 1.165) is 38.9 Å². The standard InChI is InChI=1S/C21H42NO3/c1-4-6-7-9-14-21(24-5-2)15-13-20(25-21)23-19-12-18-22(3)16-10-8-11-17-22/h20H,4-19H2,1-3H3/q+1. The van der Waals surface area contributed by atoms with Crippen LogP contribution in [0.1, 0.15) is 84.5 Å². The van der Waals surface area contributed by atoms with E-state index in [1.54, 1.807) is 0 Å². The molecule has 0 saturated carbocycles. The molecule has 2 atom stereocenters. The van der Waals surface area contributed by atoms with Crippen molar-refractivity contribution in [2.24, 2.45) is 0 Å². The summed E-state index contributed by atoms with van der Waals surface area (Å²) in [5.74, 6) is -0.376. The van der Waals surface area contributed by atoms with Crippen molar-refractivity contribution in [1.82, 2.24) is 0 Å². The molecule has 2 rings (SSSR count). The highest BCUT2D eigenvalue weighted by molar-refractivity contribution is 4.78. The molecule has 148 valence electrons. The Balaban J connectivity index is 1.65. The van der Waals surface area contributed by atoms with Crippen molar-refractivity contribution in [3.8, 4) is 0 Å². The van der Waals surface area contributed by atoms with Gasteiger partial charge in [0.1, 0.15) is 0 Å². The van der Waals surface area contributed by atoms with E-state index < -0.39 is 0 Å². The molecule has 0 aliphatic carbocycles. The summed E-state index contributed by atoms with van der Waals surface area (Å²) in [7, 11) is 2.40. The Hall–Kier alpha value is -0.160. The second-order valence-corrected chi connectivity index (χ2v) is 8.32. The summed E-state index contributed by atoms with van der Waals surface area (Å²) in [6.07, 6.45) is 13.3. The fourth-order valence-electron chi connectivity index (χ4n) is 4.42. The fraction of sp³-hybridized carbons (Fsp3) is 1.00. The Morgan fingerprint density at radius 1 is 1.04 bits per heavy atom. The van der Waals surface area contributed by atoms with Gasteiger partial charge in [0.05, 0.1) is 33.3 Å². The van der Waals surface area contributed by atoms with E-state index in [1.165, 1.54) is 69.1 Å². The van der Waals surface area contributed by atoms with Gasteiger partial charge in [0.15, 0.2) is 12.1 Å². The highest BCUT2D eigenvalue weighted by Gasteiger charge is 2.41. The normalized spacial score (nSPS) is 29.2. The van der Waals surface area contributed by atoms with Crippen molar-refractivity contribution in [3.05, 3.63) is 0 Å². The lowest BCUT2D eigenvalue weighted by molar-refractivity contribution is -0.914. The molecule has 25 heavy (non-hydrogen) atoms. The monoisotopic (exact) mass is 356 g/mol. The van der Waals surface area contributed by atoms with Gasteiger partial charge >= 0.3 is 0 Å². The van der Waals surface area contributed by atoms with E-state index in [1.807, 2.05) is 0 Å². The predicted octanol–water partition coefficient (Wildman–Crippen LogP) is 4.86. The van der Waals surface area contributed by atoms with Gasteiger partial charge < -0.3 is 18.7 Å². The number of piperidine rings is 1. The number of unbranched alkanes of at least 4 members (excludes halogenated alkanes) is 3. The third kappa shape index (κ3) is 7.16. The Morgan fingerprint density at radius 3 is 2.56 bits per heavy atom. The molecule has 0 amide bonds. The SMILES string of the molecule is CCCCCCC1(OCC)CCC(OCCC[N+]2(C)CCCCC2)O1. The quantitative estimate of drug-likeness (QED) is 0.369. The molecule has 2 unspecified atom stereocenters. The van der Waals surface area contributed by atoms with Gasteiger partial charge in [-0.05, 0) is 32.6 Å². The smallest absolute Gasteiger partial charge is 0.171 e. The lowest BCUT2D eigenvalue weighted by atomic mass is 10.0. The predicted molar refractivity (Wildman–Crippen MR) is 102 cm³/mol. The Morgan fingerprint density at radius 2 is 1.84 bits per heavy atom. The minimum atomic E-state index is -0.376. The minimum Gasteiger partial charge on any atom is -0.352 e. The zero-order valence-corrected chi connectivity index (χ0v) is 17.1. The topological polar surface area (TPSA) is 27.7 Å². The molecule has 2 fully saturated rings. The Bertz CT molecular complexity index is 357. The summed E-state index contributed by atoms with van der Waals surface area (Å²) < 4.78 is 19.5. The van der Waals surface area contributed by atoms with Gasteiger partial charge in [-0.15, -0.1) is 0 Å². The van der Waals surface area contributed by atoms with Gasteiger partial charge in [-0.3, -0.25) is 0 Å². The molecular weight excluding hydrogens is 314 g/mol. The second-order valence-electron chi connectivity index (χ2n) is 8.32. The lowest BCUT2D eigenvalue weighted by Gasteiger charge is -2.37. The minimum absolute atomic E-state index is 0.0654. The number of rotatable bonds is 12. The highest BCUT2D eigenvalue weighted by atomic mass is 16.8. The maximum Gasteiger partial charge on any atom is 0.171 e. The van der Waals surface area contributed by atoms with Crippen LogP contribution >= 0.6 is 0 Å². The van der Waals surface area contributed by atoms with E-state index >= 15 is 0 Å². The molecule has 2 saturated heterocycles. The van der Waals surface area contributed by atoms with Gasteiger partial charge in [0.25, 0.3) is 0 Å². The number of quaternary nitrogens is 1. The third-order valence-corrected chi connectivity index (χ3v) is 5.97. The summed E-state index contributed by atoms with van der Waals surface area (Å²) in [6.45, 7) is 9.76. The molecule has 0 aromatic rings. The maximum atomic E-state index is 6.24. The van der Waals surface area contributed by atoms with Crippen molar-refractivity contribution in [3.63, 3.8) is 0 Å². The van der Waals surface area contributed by atoms with Crippen LogP contribution in [0.2, 0.25) is 0 Å². The second kappa shape index (κ2) is 10.9. The van der Waals surface area contributed by atoms with Crippen molar-refractivity contribution in [1.29, 1.82) is 0 Å². The first-order valence-corrected chi connectivity index (χ1v) is 10.9. The third-order valence-electron chi connectivity index (χ3n) is 5.97. The first-order chi connectivity index (χ1) is 12.1. The van der Waals surface area contributed by atoms with Crippen LogP contribution in [0.25, 0.3) is 0 Å². The van der Waals surface area contributed by atoms with Crippen LogP contribution < -0.4 is 0 Å². The van der Waals surface area contributed by atoms with Crippen molar-refractivity contribution >= 4 is 0 Å². The van der Waals surface area contributed by atoms with Gasteiger partial charge in [-0.25, -0.2) is 0 Å². The summed E-state index contributed by atoms with van der Waals surface area (Å²) in [4.78, 5) is 0. The summed E-state index contributed by atoms with van der Waals surface area (Å²) in [5.41, 5.74) is 0. The van der Waals surface area contributed by atoms with E-state index in [0.29, 0.717) is 0 Å². The van der Waals surface area contributed by atoms with Crippen LogP contribution in [0, 0.1) is 0 Å². The van der Waals surface area contributed by atoms with Crippen molar-refractivity contribution in [2.45, 2.75) is 96.6 Å². The van der Waals surface area contributed by atoms with Crippen LogP contribution in [-0.4, -0.2) is 56.5 Å². The molecular formula is C21H42NO3+. The highest BCUT2D eigenvalue weighted by Crippen LogP contribution is 2.36. The summed E-state index contributed by atoms with van der Waals surface area (Å²) in [5, 5.41) is 0. The average Bonchev–Trinajstić information content (AvgIpc) is 3.00. The van der Waals surface area contributed by atoms with Gasteiger partial charge in [0, 0.05) is 32.3 Å². The molecule has 0 radical (unpaired) electrons. The first-order valence-electron chi connectivity index (χ1n) is 10.9. The molecule has 2 heterocycles. The van der Waals surface area contributed by atoms with E-state index in [-0.39, 0.29) is 12.1 Å². The van der Waals surface area contributed by atoms with Crippen LogP contribution in [0.3, 0.4) is 0 Å². The Kier molecular flexibility index (Phi) is 9.18. The molecule has 0 spiro atoms. The molecule has 2 aliphatic heterocycles. The summed E-state index contributed by atoms with van der Waals surface area (Å²) in [6, 6.07) is 0. The zero-order chi connectivity index (χ0) is 18.0. The summed E-state index contributed by atoms with van der Waals surface area (Å²) >= 11 is 0. The number of ether oxygens (including phenoxy) is 3. The molecule has 4 nitrogen and oxygen atoms in total. The van der Waals surface area contributed by atoms with Crippen LogP contribution in [0.15, 0.2) is 0 Å². The average molecular weight is 357 g/mol. The van der Waals surface area contributed by atoms with E-state index in [9.17, 15) is 0 Å². The van der Waals surface area contributed by atoms with Crippen molar-refractivity contribution < 1.29 is 18.7 Å². The first kappa shape index (κ1) is 21.1. The molecule has 4 heteroatoms.